The van der Waals surface area contributed by atoms with Gasteiger partial charge in [-0.3, -0.25) is 4.79 Å². The van der Waals surface area contributed by atoms with E-state index in [0.717, 1.165) is 0 Å². The molecule has 0 fully saturated rings. The third-order valence-electron chi connectivity index (χ3n) is 4.01. The van der Waals surface area contributed by atoms with E-state index in [1.54, 1.807) is 47.0 Å². The fourth-order valence-electron chi connectivity index (χ4n) is 2.76. The third-order valence-corrected chi connectivity index (χ3v) is 4.23. The highest BCUT2D eigenvalue weighted by Crippen LogP contribution is 2.24. The molecule has 0 radical (unpaired) electrons. The molecule has 26 heavy (non-hydrogen) atoms. The third kappa shape index (κ3) is 3.07. The molecule has 5 nitrogen and oxygen atoms in total. The van der Waals surface area contributed by atoms with Crippen LogP contribution in [0, 0.1) is 5.82 Å². The Morgan fingerprint density at radius 2 is 2.08 bits per heavy atom. The van der Waals surface area contributed by atoms with Crippen LogP contribution in [0.4, 0.5) is 10.2 Å². The second kappa shape index (κ2) is 6.65. The van der Waals surface area contributed by atoms with Gasteiger partial charge in [-0.1, -0.05) is 29.8 Å². The lowest BCUT2D eigenvalue weighted by molar-refractivity contribution is 0.101. The van der Waals surface area contributed by atoms with Crippen LogP contribution in [0.15, 0.2) is 65.4 Å². The number of benzene rings is 1. The molecule has 7 heteroatoms. The van der Waals surface area contributed by atoms with Crippen molar-refractivity contribution in [1.82, 2.24) is 9.55 Å². The van der Waals surface area contributed by atoms with E-state index in [0.29, 0.717) is 33.2 Å². The zero-order valence-corrected chi connectivity index (χ0v) is 14.2. The van der Waals surface area contributed by atoms with Crippen molar-refractivity contribution >= 4 is 34.4 Å². The number of furan rings is 1. The highest BCUT2D eigenvalue weighted by Gasteiger charge is 2.19. The zero-order chi connectivity index (χ0) is 18.1. The molecular weight excluding hydrogens is 357 g/mol. The minimum atomic E-state index is -0.373. The standard InChI is InChI=1S/C19H13ClFN3O2/c20-13-5-6-18(22-10-13)23-19(25)16-9-17-15(7-8-26-17)24(16)11-12-3-1-2-4-14(12)21/h1-10H,11H2,(H,22,23,25). The number of carbonyl (C=O) groups is 1. The van der Waals surface area contributed by atoms with E-state index in [2.05, 4.69) is 10.3 Å². The molecule has 0 aliphatic rings. The van der Waals surface area contributed by atoms with Gasteiger partial charge in [-0.25, -0.2) is 9.37 Å². The lowest BCUT2D eigenvalue weighted by atomic mass is 10.2. The molecule has 0 spiro atoms. The van der Waals surface area contributed by atoms with Gasteiger partial charge >= 0.3 is 0 Å². The van der Waals surface area contributed by atoms with E-state index in [-0.39, 0.29) is 18.3 Å². The molecule has 130 valence electrons. The monoisotopic (exact) mass is 369 g/mol. The molecule has 1 N–H and O–H groups in total. The summed E-state index contributed by atoms with van der Waals surface area (Å²) >= 11 is 5.81. The summed E-state index contributed by atoms with van der Waals surface area (Å²) in [7, 11) is 0. The second-order valence-electron chi connectivity index (χ2n) is 5.69. The van der Waals surface area contributed by atoms with Gasteiger partial charge in [0.05, 0.1) is 23.3 Å². The lowest BCUT2D eigenvalue weighted by Crippen LogP contribution is -2.18. The maximum atomic E-state index is 14.1. The van der Waals surface area contributed by atoms with Gasteiger partial charge in [-0.05, 0) is 18.2 Å². The van der Waals surface area contributed by atoms with Crippen molar-refractivity contribution in [3.05, 3.63) is 83.1 Å². The molecule has 1 aromatic carbocycles. The van der Waals surface area contributed by atoms with Crippen LogP contribution in [0.5, 0.6) is 0 Å². The van der Waals surface area contributed by atoms with Crippen molar-refractivity contribution < 1.29 is 13.6 Å². The number of halogens is 2. The Morgan fingerprint density at radius 1 is 1.23 bits per heavy atom. The Bertz CT molecular complexity index is 1090. The fraction of sp³-hybridized carbons (Fsp3) is 0.0526. The Labute approximate surface area is 153 Å². The van der Waals surface area contributed by atoms with E-state index in [1.165, 1.54) is 18.5 Å². The van der Waals surface area contributed by atoms with Crippen molar-refractivity contribution in [3.8, 4) is 0 Å². The van der Waals surface area contributed by atoms with Crippen molar-refractivity contribution in [2.75, 3.05) is 5.32 Å². The van der Waals surface area contributed by atoms with Gasteiger partial charge in [0.2, 0.25) is 0 Å². The van der Waals surface area contributed by atoms with Gasteiger partial charge in [0.25, 0.3) is 5.91 Å². The van der Waals surface area contributed by atoms with Crippen molar-refractivity contribution in [2.24, 2.45) is 0 Å². The molecule has 0 bridgehead atoms. The Balaban J connectivity index is 1.70. The number of fused-ring (bicyclic) bond motifs is 1. The van der Waals surface area contributed by atoms with E-state index < -0.39 is 0 Å². The average Bonchev–Trinajstić information content (AvgIpc) is 3.21. The van der Waals surface area contributed by atoms with Gasteiger partial charge < -0.3 is 14.3 Å². The van der Waals surface area contributed by atoms with Crippen LogP contribution in [0.1, 0.15) is 16.1 Å². The molecule has 4 aromatic rings. The average molecular weight is 370 g/mol. The Morgan fingerprint density at radius 3 is 2.85 bits per heavy atom. The smallest absolute Gasteiger partial charge is 0.273 e. The molecule has 0 aliphatic heterocycles. The maximum absolute atomic E-state index is 14.1. The second-order valence-corrected chi connectivity index (χ2v) is 6.13. The molecule has 0 aliphatic carbocycles. The first-order valence-corrected chi connectivity index (χ1v) is 8.22. The summed E-state index contributed by atoms with van der Waals surface area (Å²) in [6.45, 7) is 0.201. The van der Waals surface area contributed by atoms with E-state index in [1.807, 2.05) is 0 Å². The predicted octanol–water partition coefficient (Wildman–Crippen LogP) is 4.72. The van der Waals surface area contributed by atoms with Gasteiger partial charge in [0, 0.05) is 23.9 Å². The van der Waals surface area contributed by atoms with E-state index in [4.69, 9.17) is 16.0 Å². The Hall–Kier alpha value is -3.12. The van der Waals surface area contributed by atoms with Crippen molar-refractivity contribution in [3.63, 3.8) is 0 Å². The van der Waals surface area contributed by atoms with Gasteiger partial charge in [-0.15, -0.1) is 0 Å². The Kier molecular flexibility index (Phi) is 4.18. The number of hydrogen-bond donors (Lipinski definition) is 1. The first-order valence-electron chi connectivity index (χ1n) is 7.85. The number of pyridine rings is 1. The number of anilines is 1. The lowest BCUT2D eigenvalue weighted by Gasteiger charge is -2.11. The van der Waals surface area contributed by atoms with E-state index in [9.17, 15) is 9.18 Å². The molecule has 3 heterocycles. The minimum Gasteiger partial charge on any atom is -0.463 e. The topological polar surface area (TPSA) is 60.1 Å². The number of nitrogens with one attached hydrogen (secondary N) is 1. The highest BCUT2D eigenvalue weighted by molar-refractivity contribution is 6.30. The first-order chi connectivity index (χ1) is 12.6. The van der Waals surface area contributed by atoms with Gasteiger partial charge in [0.1, 0.15) is 17.3 Å². The SMILES string of the molecule is O=C(Nc1ccc(Cl)cn1)c1cc2occc2n1Cc1ccccc1F. The van der Waals surface area contributed by atoms with Crippen molar-refractivity contribution in [2.45, 2.75) is 6.54 Å². The van der Waals surface area contributed by atoms with Gasteiger partial charge in [-0.2, -0.15) is 0 Å². The van der Waals surface area contributed by atoms with Crippen LogP contribution in [0.3, 0.4) is 0 Å². The van der Waals surface area contributed by atoms with Crippen LogP contribution < -0.4 is 5.32 Å². The molecule has 0 saturated carbocycles. The maximum Gasteiger partial charge on any atom is 0.273 e. The molecule has 0 saturated heterocycles. The summed E-state index contributed by atoms with van der Waals surface area (Å²) in [5.74, 6) is -0.333. The summed E-state index contributed by atoms with van der Waals surface area (Å²) < 4.78 is 21.2. The molecular formula is C19H13ClFN3O2. The minimum absolute atomic E-state index is 0.201. The van der Waals surface area contributed by atoms with Crippen LogP contribution >= 0.6 is 11.6 Å². The molecule has 3 aromatic heterocycles. The summed E-state index contributed by atoms with van der Waals surface area (Å²) in [5.41, 5.74) is 2.09. The van der Waals surface area contributed by atoms with Crippen LogP contribution in [0.25, 0.3) is 11.1 Å². The van der Waals surface area contributed by atoms with Crippen molar-refractivity contribution in [1.29, 1.82) is 0 Å². The number of hydrogen-bond acceptors (Lipinski definition) is 3. The highest BCUT2D eigenvalue weighted by atomic mass is 35.5. The molecule has 0 atom stereocenters. The number of amides is 1. The zero-order valence-electron chi connectivity index (χ0n) is 13.4. The normalized spacial score (nSPS) is 11.0. The number of nitrogens with zero attached hydrogens (tertiary/aromatic N) is 2. The molecule has 0 unspecified atom stereocenters. The summed E-state index contributed by atoms with van der Waals surface area (Å²) in [4.78, 5) is 16.8. The quantitative estimate of drug-likeness (QED) is 0.566. The number of carbonyl (C=O) groups excluding carboxylic acids is 1. The van der Waals surface area contributed by atoms with Crippen LogP contribution in [0.2, 0.25) is 5.02 Å². The van der Waals surface area contributed by atoms with Crippen LogP contribution in [-0.2, 0) is 6.54 Å². The number of aromatic nitrogens is 2. The van der Waals surface area contributed by atoms with E-state index >= 15 is 0 Å². The molecule has 1 amide bonds. The molecule has 4 rings (SSSR count). The van der Waals surface area contributed by atoms with Crippen LogP contribution in [-0.4, -0.2) is 15.5 Å². The first kappa shape index (κ1) is 16.4. The van der Waals surface area contributed by atoms with Gasteiger partial charge in [0.15, 0.2) is 5.58 Å². The predicted molar refractivity (Wildman–Crippen MR) is 96.9 cm³/mol. The largest absolute Gasteiger partial charge is 0.463 e. The summed E-state index contributed by atoms with van der Waals surface area (Å²) in [6, 6.07) is 13.1. The summed E-state index contributed by atoms with van der Waals surface area (Å²) in [6.07, 6.45) is 2.98. The number of rotatable bonds is 4. The summed E-state index contributed by atoms with van der Waals surface area (Å²) in [5, 5.41) is 3.19. The fourth-order valence-corrected chi connectivity index (χ4v) is 2.87.